The fourth-order valence-corrected chi connectivity index (χ4v) is 1.80. The molecule has 20 heavy (non-hydrogen) atoms. The lowest BCUT2D eigenvalue weighted by atomic mass is 10.2. The molecule has 5 heteroatoms. The van der Waals surface area contributed by atoms with Crippen LogP contribution in [0.15, 0.2) is 42.6 Å². The molecule has 1 heterocycles. The van der Waals surface area contributed by atoms with Crippen LogP contribution in [0, 0.1) is 6.92 Å². The fourth-order valence-electron chi connectivity index (χ4n) is 1.65. The number of pyridine rings is 1. The van der Waals surface area contributed by atoms with Crippen molar-refractivity contribution in [2.45, 2.75) is 6.92 Å². The number of hydrogen-bond acceptors (Lipinski definition) is 3. The number of amides is 1. The minimum atomic E-state index is -0.276. The molecule has 1 amide bonds. The van der Waals surface area contributed by atoms with E-state index in [2.05, 4.69) is 10.3 Å². The van der Waals surface area contributed by atoms with Gasteiger partial charge in [0.05, 0.1) is 5.69 Å². The van der Waals surface area contributed by atoms with E-state index in [-0.39, 0.29) is 11.1 Å². The lowest BCUT2D eigenvalue weighted by Crippen LogP contribution is -2.08. The van der Waals surface area contributed by atoms with Crippen molar-refractivity contribution in [2.24, 2.45) is 0 Å². The molecule has 0 saturated carbocycles. The topological polar surface area (TPSA) is 68.0 Å². The number of nitrogens with two attached hydrogens (primary N) is 1. The molecule has 0 fully saturated rings. The van der Waals surface area contributed by atoms with E-state index in [1.807, 2.05) is 19.1 Å². The SMILES string of the molecule is Cc1cnc(Cl)c(NC(=O)/C=C/c2cccc(N)c2)c1. The third-order valence-electron chi connectivity index (χ3n) is 2.57. The molecular weight excluding hydrogens is 274 g/mol. The number of nitrogens with one attached hydrogen (secondary N) is 1. The van der Waals surface area contributed by atoms with Crippen LogP contribution < -0.4 is 11.1 Å². The number of anilines is 2. The summed E-state index contributed by atoms with van der Waals surface area (Å²) in [6, 6.07) is 9.03. The standard InChI is InChI=1S/C15H14ClN3O/c1-10-7-13(15(16)18-9-10)19-14(20)6-5-11-3-2-4-12(17)8-11/h2-9H,17H2,1H3,(H,19,20)/b6-5+. The predicted octanol–water partition coefficient (Wildman–Crippen LogP) is 3.28. The number of aryl methyl sites for hydroxylation is 1. The Bertz CT molecular complexity index is 668. The van der Waals surface area contributed by atoms with Gasteiger partial charge in [-0.25, -0.2) is 4.98 Å². The lowest BCUT2D eigenvalue weighted by molar-refractivity contribution is -0.111. The van der Waals surface area contributed by atoms with Crippen LogP contribution in [-0.2, 0) is 4.79 Å². The van der Waals surface area contributed by atoms with Gasteiger partial charge in [-0.05, 0) is 42.3 Å². The van der Waals surface area contributed by atoms with Crippen molar-refractivity contribution in [1.29, 1.82) is 0 Å². The summed E-state index contributed by atoms with van der Waals surface area (Å²) < 4.78 is 0. The number of nitrogens with zero attached hydrogens (tertiary/aromatic N) is 1. The van der Waals surface area contributed by atoms with Crippen molar-refractivity contribution in [3.8, 4) is 0 Å². The van der Waals surface area contributed by atoms with Crippen LogP contribution in [0.1, 0.15) is 11.1 Å². The number of aromatic nitrogens is 1. The molecule has 1 aromatic heterocycles. The molecule has 3 N–H and O–H groups in total. The van der Waals surface area contributed by atoms with E-state index in [1.54, 1.807) is 30.5 Å². The van der Waals surface area contributed by atoms with Crippen LogP contribution in [0.3, 0.4) is 0 Å². The molecule has 0 aliphatic heterocycles. The van der Waals surface area contributed by atoms with Crippen molar-refractivity contribution in [3.63, 3.8) is 0 Å². The van der Waals surface area contributed by atoms with Gasteiger partial charge in [-0.1, -0.05) is 23.7 Å². The van der Waals surface area contributed by atoms with Crippen molar-refractivity contribution in [2.75, 3.05) is 11.1 Å². The highest BCUT2D eigenvalue weighted by Gasteiger charge is 2.04. The number of carbonyl (C=O) groups is 1. The van der Waals surface area contributed by atoms with Gasteiger partial charge in [-0.3, -0.25) is 4.79 Å². The normalized spacial score (nSPS) is 10.7. The van der Waals surface area contributed by atoms with Gasteiger partial charge in [0, 0.05) is 18.0 Å². The zero-order chi connectivity index (χ0) is 14.5. The van der Waals surface area contributed by atoms with E-state index in [0.717, 1.165) is 11.1 Å². The fraction of sp³-hybridized carbons (Fsp3) is 0.0667. The first-order valence-corrected chi connectivity index (χ1v) is 6.39. The minimum Gasteiger partial charge on any atom is -0.399 e. The van der Waals surface area contributed by atoms with E-state index in [1.165, 1.54) is 6.08 Å². The highest BCUT2D eigenvalue weighted by Crippen LogP contribution is 2.19. The number of benzene rings is 1. The number of nitrogen functional groups attached to an aromatic ring is 1. The Kier molecular flexibility index (Phi) is 4.38. The van der Waals surface area contributed by atoms with Gasteiger partial charge < -0.3 is 11.1 Å². The Balaban J connectivity index is 2.07. The second-order valence-corrected chi connectivity index (χ2v) is 4.70. The van der Waals surface area contributed by atoms with Gasteiger partial charge in [0.15, 0.2) is 5.15 Å². The van der Waals surface area contributed by atoms with Crippen LogP contribution in [-0.4, -0.2) is 10.9 Å². The molecule has 1 aromatic carbocycles. The smallest absolute Gasteiger partial charge is 0.248 e. The zero-order valence-electron chi connectivity index (χ0n) is 10.9. The summed E-state index contributed by atoms with van der Waals surface area (Å²) in [4.78, 5) is 15.8. The van der Waals surface area contributed by atoms with E-state index >= 15 is 0 Å². The first-order chi connectivity index (χ1) is 9.54. The van der Waals surface area contributed by atoms with Crippen LogP contribution >= 0.6 is 11.6 Å². The largest absolute Gasteiger partial charge is 0.399 e. The highest BCUT2D eigenvalue weighted by atomic mass is 35.5. The van der Waals surface area contributed by atoms with Crippen LogP contribution in [0.25, 0.3) is 6.08 Å². The number of carbonyl (C=O) groups excluding carboxylic acids is 1. The third-order valence-corrected chi connectivity index (χ3v) is 2.87. The summed E-state index contributed by atoms with van der Waals surface area (Å²) >= 11 is 5.91. The van der Waals surface area contributed by atoms with Gasteiger partial charge in [0.2, 0.25) is 5.91 Å². The summed E-state index contributed by atoms with van der Waals surface area (Å²) in [5, 5.41) is 2.95. The molecule has 0 aliphatic carbocycles. The molecule has 2 aromatic rings. The maximum Gasteiger partial charge on any atom is 0.248 e. The lowest BCUT2D eigenvalue weighted by Gasteiger charge is -2.05. The van der Waals surface area contributed by atoms with Crippen molar-refractivity contribution in [3.05, 3.63) is 58.9 Å². The first-order valence-electron chi connectivity index (χ1n) is 6.01. The Labute approximate surface area is 122 Å². The molecular formula is C15H14ClN3O. The number of hydrogen-bond donors (Lipinski definition) is 2. The maximum atomic E-state index is 11.8. The molecule has 0 atom stereocenters. The van der Waals surface area contributed by atoms with E-state index in [9.17, 15) is 4.79 Å². The van der Waals surface area contributed by atoms with Crippen molar-refractivity contribution < 1.29 is 4.79 Å². The van der Waals surface area contributed by atoms with Gasteiger partial charge in [0.1, 0.15) is 0 Å². The maximum absolute atomic E-state index is 11.8. The monoisotopic (exact) mass is 287 g/mol. The molecule has 0 unspecified atom stereocenters. The van der Waals surface area contributed by atoms with E-state index in [0.29, 0.717) is 11.4 Å². The average Bonchev–Trinajstić information content (AvgIpc) is 2.41. The summed E-state index contributed by atoms with van der Waals surface area (Å²) in [5.74, 6) is -0.276. The number of halogens is 1. The molecule has 4 nitrogen and oxygen atoms in total. The van der Waals surface area contributed by atoms with Gasteiger partial charge in [0.25, 0.3) is 0 Å². The summed E-state index contributed by atoms with van der Waals surface area (Å²) in [6.07, 6.45) is 4.75. The van der Waals surface area contributed by atoms with Gasteiger partial charge >= 0.3 is 0 Å². The second kappa shape index (κ2) is 6.21. The molecule has 2 rings (SSSR count). The average molecular weight is 288 g/mol. The predicted molar refractivity (Wildman–Crippen MR) is 82.5 cm³/mol. The van der Waals surface area contributed by atoms with Crippen molar-refractivity contribution in [1.82, 2.24) is 4.98 Å². The van der Waals surface area contributed by atoms with Crippen LogP contribution in [0.2, 0.25) is 5.15 Å². The van der Waals surface area contributed by atoms with Crippen LogP contribution in [0.4, 0.5) is 11.4 Å². The summed E-state index contributed by atoms with van der Waals surface area (Å²) in [6.45, 7) is 1.88. The summed E-state index contributed by atoms with van der Waals surface area (Å²) in [7, 11) is 0. The summed E-state index contributed by atoms with van der Waals surface area (Å²) in [5.41, 5.74) is 8.59. The Morgan fingerprint density at radius 3 is 2.95 bits per heavy atom. The van der Waals surface area contributed by atoms with Crippen molar-refractivity contribution >= 4 is 35.0 Å². The van der Waals surface area contributed by atoms with Crippen LogP contribution in [0.5, 0.6) is 0 Å². The number of rotatable bonds is 3. The van der Waals surface area contributed by atoms with E-state index < -0.39 is 0 Å². The second-order valence-electron chi connectivity index (χ2n) is 4.34. The molecule has 102 valence electrons. The quantitative estimate of drug-likeness (QED) is 0.517. The first kappa shape index (κ1) is 14.1. The van der Waals surface area contributed by atoms with Gasteiger partial charge in [-0.15, -0.1) is 0 Å². The zero-order valence-corrected chi connectivity index (χ0v) is 11.7. The minimum absolute atomic E-state index is 0.265. The van der Waals surface area contributed by atoms with Gasteiger partial charge in [-0.2, -0.15) is 0 Å². The highest BCUT2D eigenvalue weighted by molar-refractivity contribution is 6.32. The Morgan fingerprint density at radius 1 is 1.40 bits per heavy atom. The Morgan fingerprint density at radius 2 is 2.20 bits per heavy atom. The third kappa shape index (κ3) is 3.83. The molecule has 0 aliphatic rings. The Hall–Kier alpha value is -2.33. The van der Waals surface area contributed by atoms with E-state index in [4.69, 9.17) is 17.3 Å². The molecule has 0 saturated heterocycles. The molecule has 0 bridgehead atoms. The molecule has 0 spiro atoms. The molecule has 0 radical (unpaired) electrons.